The van der Waals surface area contributed by atoms with Gasteiger partial charge in [0.05, 0.1) is 27.7 Å². The minimum absolute atomic E-state index is 0.300. The largest absolute Gasteiger partial charge is 0.302 e. The third-order valence-corrected chi connectivity index (χ3v) is 6.19. The molecule has 6 heteroatoms. The molecule has 102 valence electrons. The van der Waals surface area contributed by atoms with Crippen molar-refractivity contribution in [3.05, 3.63) is 35.4 Å². The van der Waals surface area contributed by atoms with Gasteiger partial charge in [0.15, 0.2) is 9.84 Å². The average Bonchev–Trinajstić information content (AvgIpc) is 2.74. The number of nitrogens with zero attached hydrogens (tertiary/aromatic N) is 2. The normalized spacial score (nSPS) is 22.7. The average molecular weight is 299 g/mol. The molecular formula is C13H15ClN2O2S. The fraction of sp³-hybridized carbons (Fsp3) is 0.462. The van der Waals surface area contributed by atoms with E-state index in [1.807, 2.05) is 10.5 Å². The van der Waals surface area contributed by atoms with Crippen LogP contribution < -0.4 is 0 Å². The molecule has 2 aromatic rings. The van der Waals surface area contributed by atoms with E-state index in [1.165, 1.54) is 0 Å². The first kappa shape index (κ1) is 12.9. The zero-order chi connectivity index (χ0) is 13.5. The quantitative estimate of drug-likeness (QED) is 0.856. The molecule has 4 nitrogen and oxygen atoms in total. The van der Waals surface area contributed by atoms with Crippen molar-refractivity contribution in [3.8, 4) is 0 Å². The van der Waals surface area contributed by atoms with Crippen molar-refractivity contribution in [1.29, 1.82) is 0 Å². The van der Waals surface area contributed by atoms with Gasteiger partial charge in [-0.15, -0.1) is 0 Å². The summed E-state index contributed by atoms with van der Waals surface area (Å²) in [6.07, 6.45) is 6.51. The van der Waals surface area contributed by atoms with Crippen molar-refractivity contribution < 1.29 is 8.42 Å². The maximum atomic E-state index is 12.0. The molecule has 0 N–H and O–H groups in total. The highest BCUT2D eigenvalue weighted by atomic mass is 35.5. The molecule has 19 heavy (non-hydrogen) atoms. The lowest BCUT2D eigenvalue weighted by atomic mass is 10.1. The first-order valence-electron chi connectivity index (χ1n) is 6.39. The topological polar surface area (TPSA) is 51.4 Å². The highest BCUT2D eigenvalue weighted by Gasteiger charge is 2.29. The standard InChI is InChI=1S/C13H15ClN2O2S/c14-10-4-5-11-8-15-13(16(11)9-10)7-12-3-1-2-6-19(12,17)18/h4-5,8-9,12H,1-3,6-7H2. The molecule has 1 saturated heterocycles. The molecule has 0 aliphatic carbocycles. The Morgan fingerprint density at radius 2 is 2.21 bits per heavy atom. The number of rotatable bonds is 2. The van der Waals surface area contributed by atoms with E-state index in [4.69, 9.17) is 11.6 Å². The maximum absolute atomic E-state index is 12.0. The van der Waals surface area contributed by atoms with Crippen LogP contribution in [-0.4, -0.2) is 28.8 Å². The van der Waals surface area contributed by atoms with Crippen LogP contribution in [0.5, 0.6) is 0 Å². The highest BCUT2D eigenvalue weighted by molar-refractivity contribution is 7.92. The second kappa shape index (κ2) is 4.80. The summed E-state index contributed by atoms with van der Waals surface area (Å²) >= 11 is 5.98. The Kier molecular flexibility index (Phi) is 3.27. The first-order chi connectivity index (χ1) is 9.06. The second-order valence-corrected chi connectivity index (χ2v) is 7.84. The summed E-state index contributed by atoms with van der Waals surface area (Å²) in [5, 5.41) is 0.323. The smallest absolute Gasteiger partial charge is 0.153 e. The van der Waals surface area contributed by atoms with E-state index >= 15 is 0 Å². The van der Waals surface area contributed by atoms with Crippen molar-refractivity contribution in [3.63, 3.8) is 0 Å². The lowest BCUT2D eigenvalue weighted by molar-refractivity contribution is 0.534. The monoisotopic (exact) mass is 298 g/mol. The van der Waals surface area contributed by atoms with Gasteiger partial charge < -0.3 is 4.40 Å². The number of hydrogen-bond acceptors (Lipinski definition) is 3. The van der Waals surface area contributed by atoms with Crippen molar-refractivity contribution in [2.24, 2.45) is 0 Å². The van der Waals surface area contributed by atoms with E-state index < -0.39 is 9.84 Å². The molecular weight excluding hydrogens is 284 g/mol. The van der Waals surface area contributed by atoms with Crippen molar-refractivity contribution in [1.82, 2.24) is 9.38 Å². The first-order valence-corrected chi connectivity index (χ1v) is 8.49. The summed E-state index contributed by atoms with van der Waals surface area (Å²) in [5.41, 5.74) is 0.938. The Labute approximate surface area is 117 Å². The van der Waals surface area contributed by atoms with E-state index in [2.05, 4.69) is 4.98 Å². The number of fused-ring (bicyclic) bond motifs is 1. The molecule has 1 fully saturated rings. The molecule has 0 spiro atoms. The molecule has 1 aliphatic rings. The molecule has 2 aromatic heterocycles. The molecule has 3 rings (SSSR count). The SMILES string of the molecule is O=S1(=O)CCCCC1Cc1ncc2ccc(Cl)cn12. The van der Waals surface area contributed by atoms with Gasteiger partial charge in [0.1, 0.15) is 5.82 Å². The Bertz CT molecular complexity index is 709. The molecule has 3 heterocycles. The minimum Gasteiger partial charge on any atom is -0.302 e. The molecule has 0 radical (unpaired) electrons. The summed E-state index contributed by atoms with van der Waals surface area (Å²) in [6.45, 7) is 0. The summed E-state index contributed by atoms with van der Waals surface area (Å²) < 4.78 is 26.0. The Morgan fingerprint density at radius 1 is 1.37 bits per heavy atom. The number of halogens is 1. The van der Waals surface area contributed by atoms with E-state index in [-0.39, 0.29) is 5.25 Å². The molecule has 0 saturated carbocycles. The predicted molar refractivity (Wildman–Crippen MR) is 75.3 cm³/mol. The minimum atomic E-state index is -2.96. The molecule has 0 bridgehead atoms. The van der Waals surface area contributed by atoms with Gasteiger partial charge in [-0.25, -0.2) is 13.4 Å². The van der Waals surface area contributed by atoms with Crippen LogP contribution in [0.3, 0.4) is 0 Å². The van der Waals surface area contributed by atoms with Gasteiger partial charge in [-0.2, -0.15) is 0 Å². The predicted octanol–water partition coefficient (Wildman–Crippen LogP) is 2.50. The van der Waals surface area contributed by atoms with Gasteiger partial charge in [0.25, 0.3) is 0 Å². The van der Waals surface area contributed by atoms with Crippen LogP contribution in [0.25, 0.3) is 5.52 Å². The molecule has 1 aliphatic heterocycles. The van der Waals surface area contributed by atoms with E-state index in [9.17, 15) is 8.42 Å². The van der Waals surface area contributed by atoms with Crippen LogP contribution in [0.1, 0.15) is 25.1 Å². The number of hydrogen-bond donors (Lipinski definition) is 0. The Balaban J connectivity index is 1.95. The lowest BCUT2D eigenvalue weighted by Gasteiger charge is -2.21. The molecule has 1 unspecified atom stereocenters. The molecule has 0 amide bonds. The van der Waals surface area contributed by atoms with Gasteiger partial charge in [0, 0.05) is 12.6 Å². The molecule has 0 aromatic carbocycles. The Morgan fingerprint density at radius 3 is 3.00 bits per heavy atom. The van der Waals surface area contributed by atoms with Gasteiger partial charge in [-0.1, -0.05) is 18.0 Å². The zero-order valence-electron chi connectivity index (χ0n) is 10.4. The molecule has 1 atom stereocenters. The van der Waals surface area contributed by atoms with Crippen LogP contribution in [0.15, 0.2) is 24.5 Å². The van der Waals surface area contributed by atoms with Crippen molar-refractivity contribution in [2.45, 2.75) is 30.9 Å². The number of imidazole rings is 1. The van der Waals surface area contributed by atoms with E-state index in [1.54, 1.807) is 18.5 Å². The van der Waals surface area contributed by atoms with Crippen molar-refractivity contribution in [2.75, 3.05) is 5.75 Å². The van der Waals surface area contributed by atoms with Crippen LogP contribution in [0, 0.1) is 0 Å². The Hall–Kier alpha value is -1.07. The maximum Gasteiger partial charge on any atom is 0.153 e. The lowest BCUT2D eigenvalue weighted by Crippen LogP contribution is -2.30. The summed E-state index contributed by atoms with van der Waals surface area (Å²) in [6, 6.07) is 3.69. The van der Waals surface area contributed by atoms with Crippen LogP contribution >= 0.6 is 11.6 Å². The van der Waals surface area contributed by atoms with Crippen LogP contribution in [-0.2, 0) is 16.3 Å². The van der Waals surface area contributed by atoms with Gasteiger partial charge in [-0.3, -0.25) is 0 Å². The van der Waals surface area contributed by atoms with E-state index in [0.29, 0.717) is 17.2 Å². The van der Waals surface area contributed by atoms with Crippen LogP contribution in [0.4, 0.5) is 0 Å². The number of pyridine rings is 1. The summed E-state index contributed by atoms with van der Waals surface area (Å²) in [4.78, 5) is 4.34. The second-order valence-electron chi connectivity index (χ2n) is 5.01. The third kappa shape index (κ3) is 2.49. The fourth-order valence-corrected chi connectivity index (χ4v) is 4.65. The van der Waals surface area contributed by atoms with Gasteiger partial charge in [0.2, 0.25) is 0 Å². The fourth-order valence-electron chi connectivity index (χ4n) is 2.62. The zero-order valence-corrected chi connectivity index (χ0v) is 12.0. The number of aromatic nitrogens is 2. The van der Waals surface area contributed by atoms with Crippen molar-refractivity contribution >= 4 is 27.0 Å². The summed E-state index contributed by atoms with van der Waals surface area (Å²) in [5.74, 6) is 1.08. The third-order valence-electron chi connectivity index (χ3n) is 3.69. The van der Waals surface area contributed by atoms with Gasteiger partial charge in [-0.05, 0) is 25.0 Å². The van der Waals surface area contributed by atoms with E-state index in [0.717, 1.165) is 30.6 Å². The summed E-state index contributed by atoms with van der Waals surface area (Å²) in [7, 11) is -2.96. The van der Waals surface area contributed by atoms with Gasteiger partial charge >= 0.3 is 0 Å². The highest BCUT2D eigenvalue weighted by Crippen LogP contribution is 2.23. The number of sulfone groups is 1. The van der Waals surface area contributed by atoms with Crippen LogP contribution in [0.2, 0.25) is 5.02 Å².